The van der Waals surface area contributed by atoms with Crippen LogP contribution in [0.2, 0.25) is 0 Å². The molecule has 130 valence electrons. The second-order valence-electron chi connectivity index (χ2n) is 6.11. The van der Waals surface area contributed by atoms with Crippen molar-refractivity contribution in [1.29, 1.82) is 0 Å². The van der Waals surface area contributed by atoms with Gasteiger partial charge in [0.05, 0.1) is 7.11 Å². The first-order valence-electron chi connectivity index (χ1n) is 8.32. The second kappa shape index (κ2) is 9.30. The monoisotopic (exact) mass is 329 g/mol. The third-order valence-corrected chi connectivity index (χ3v) is 3.93. The zero-order valence-corrected chi connectivity index (χ0v) is 14.7. The van der Waals surface area contributed by atoms with E-state index in [2.05, 4.69) is 24.8 Å². The summed E-state index contributed by atoms with van der Waals surface area (Å²) in [6.45, 7) is 5.80. The van der Waals surface area contributed by atoms with Crippen LogP contribution in [0.15, 0.2) is 54.6 Å². The van der Waals surface area contributed by atoms with Crippen LogP contribution in [-0.4, -0.2) is 42.4 Å². The van der Waals surface area contributed by atoms with Crippen molar-refractivity contribution in [1.82, 2.24) is 4.90 Å². The quantitative estimate of drug-likeness (QED) is 0.766. The van der Waals surface area contributed by atoms with Crippen molar-refractivity contribution < 1.29 is 14.6 Å². The molecular formula is C20H27NO3. The average molecular weight is 329 g/mol. The third kappa shape index (κ3) is 5.55. The number of hydrogen-bond acceptors (Lipinski definition) is 4. The van der Waals surface area contributed by atoms with Crippen molar-refractivity contribution in [3.8, 4) is 11.5 Å². The number of aliphatic hydroxyl groups is 1. The van der Waals surface area contributed by atoms with Crippen LogP contribution < -0.4 is 9.47 Å². The van der Waals surface area contributed by atoms with Gasteiger partial charge in [-0.3, -0.25) is 4.90 Å². The van der Waals surface area contributed by atoms with Crippen molar-refractivity contribution in [2.24, 2.45) is 0 Å². The van der Waals surface area contributed by atoms with E-state index in [4.69, 9.17) is 9.47 Å². The lowest BCUT2D eigenvalue weighted by Crippen LogP contribution is -2.39. The van der Waals surface area contributed by atoms with Gasteiger partial charge in [0, 0.05) is 24.7 Å². The summed E-state index contributed by atoms with van der Waals surface area (Å²) < 4.78 is 11.1. The number of para-hydroxylation sites is 2. The van der Waals surface area contributed by atoms with Gasteiger partial charge in [0.2, 0.25) is 0 Å². The highest BCUT2D eigenvalue weighted by molar-refractivity contribution is 5.33. The SMILES string of the molecule is COc1ccccc1CN(CC(O)COc1ccccc1)C(C)C. The summed E-state index contributed by atoms with van der Waals surface area (Å²) in [5, 5.41) is 10.3. The number of benzene rings is 2. The number of aliphatic hydroxyl groups excluding tert-OH is 1. The largest absolute Gasteiger partial charge is 0.496 e. The summed E-state index contributed by atoms with van der Waals surface area (Å²) in [6.07, 6.45) is -0.553. The zero-order chi connectivity index (χ0) is 17.4. The predicted octanol–water partition coefficient (Wildman–Crippen LogP) is 3.35. The lowest BCUT2D eigenvalue weighted by molar-refractivity contribution is 0.0540. The smallest absolute Gasteiger partial charge is 0.123 e. The molecule has 0 saturated heterocycles. The topological polar surface area (TPSA) is 41.9 Å². The van der Waals surface area contributed by atoms with Gasteiger partial charge < -0.3 is 14.6 Å². The Bertz CT molecular complexity index is 601. The van der Waals surface area contributed by atoms with E-state index in [0.29, 0.717) is 12.6 Å². The number of ether oxygens (including phenoxy) is 2. The fraction of sp³-hybridized carbons (Fsp3) is 0.400. The van der Waals surface area contributed by atoms with Crippen molar-refractivity contribution in [2.45, 2.75) is 32.5 Å². The van der Waals surface area contributed by atoms with E-state index in [1.165, 1.54) is 0 Å². The van der Waals surface area contributed by atoms with Crippen LogP contribution in [0.25, 0.3) is 0 Å². The number of methoxy groups -OCH3 is 1. The Morgan fingerprint density at radius 1 is 1.00 bits per heavy atom. The summed E-state index contributed by atoms with van der Waals surface area (Å²) in [4.78, 5) is 2.22. The molecule has 0 saturated carbocycles. The maximum Gasteiger partial charge on any atom is 0.123 e. The first kappa shape index (κ1) is 18.3. The van der Waals surface area contributed by atoms with Gasteiger partial charge in [0.1, 0.15) is 24.2 Å². The molecule has 4 nitrogen and oxygen atoms in total. The lowest BCUT2D eigenvalue weighted by atomic mass is 10.1. The highest BCUT2D eigenvalue weighted by atomic mass is 16.5. The molecule has 0 aliphatic rings. The average Bonchev–Trinajstić information content (AvgIpc) is 2.60. The summed E-state index contributed by atoms with van der Waals surface area (Å²) in [6, 6.07) is 17.9. The zero-order valence-electron chi connectivity index (χ0n) is 14.7. The van der Waals surface area contributed by atoms with Crippen LogP contribution in [0.5, 0.6) is 11.5 Å². The Hall–Kier alpha value is -2.04. The van der Waals surface area contributed by atoms with E-state index >= 15 is 0 Å². The number of rotatable bonds is 9. The molecule has 1 atom stereocenters. The molecule has 0 fully saturated rings. The van der Waals surface area contributed by atoms with Crippen LogP contribution in [0.1, 0.15) is 19.4 Å². The van der Waals surface area contributed by atoms with Crippen molar-refractivity contribution >= 4 is 0 Å². The molecule has 0 aromatic heterocycles. The van der Waals surface area contributed by atoms with Crippen LogP contribution in [0.4, 0.5) is 0 Å². The Morgan fingerprint density at radius 3 is 2.33 bits per heavy atom. The van der Waals surface area contributed by atoms with E-state index in [0.717, 1.165) is 23.6 Å². The maximum atomic E-state index is 10.3. The van der Waals surface area contributed by atoms with Crippen LogP contribution >= 0.6 is 0 Å². The first-order valence-corrected chi connectivity index (χ1v) is 8.32. The Balaban J connectivity index is 1.92. The molecule has 1 unspecified atom stereocenters. The minimum absolute atomic E-state index is 0.277. The van der Waals surface area contributed by atoms with E-state index in [9.17, 15) is 5.11 Å². The third-order valence-electron chi connectivity index (χ3n) is 3.93. The van der Waals surface area contributed by atoms with Crippen molar-refractivity contribution in [3.63, 3.8) is 0 Å². The molecule has 0 heterocycles. The van der Waals surface area contributed by atoms with Gasteiger partial charge >= 0.3 is 0 Å². The maximum absolute atomic E-state index is 10.3. The summed E-state index contributed by atoms with van der Waals surface area (Å²) in [5.74, 6) is 1.65. The van der Waals surface area contributed by atoms with Crippen molar-refractivity contribution in [2.75, 3.05) is 20.3 Å². The predicted molar refractivity (Wildman–Crippen MR) is 96.5 cm³/mol. The molecule has 0 amide bonds. The van der Waals surface area contributed by atoms with E-state index < -0.39 is 6.10 Å². The van der Waals surface area contributed by atoms with E-state index in [1.54, 1.807) is 7.11 Å². The Labute approximate surface area is 144 Å². The van der Waals surface area contributed by atoms with Gasteiger partial charge in [-0.1, -0.05) is 36.4 Å². The number of hydrogen-bond donors (Lipinski definition) is 1. The molecule has 0 bridgehead atoms. The molecule has 0 spiro atoms. The van der Waals surface area contributed by atoms with Crippen LogP contribution in [0.3, 0.4) is 0 Å². The minimum Gasteiger partial charge on any atom is -0.496 e. The molecule has 2 rings (SSSR count). The fourth-order valence-electron chi connectivity index (χ4n) is 2.54. The molecule has 24 heavy (non-hydrogen) atoms. The van der Waals surface area contributed by atoms with E-state index in [1.807, 2.05) is 48.5 Å². The van der Waals surface area contributed by atoms with Gasteiger partial charge in [-0.2, -0.15) is 0 Å². The van der Waals surface area contributed by atoms with Gasteiger partial charge in [0.15, 0.2) is 0 Å². The van der Waals surface area contributed by atoms with Gasteiger partial charge in [-0.05, 0) is 32.0 Å². The van der Waals surface area contributed by atoms with E-state index in [-0.39, 0.29) is 6.61 Å². The summed E-state index contributed by atoms with van der Waals surface area (Å²) >= 11 is 0. The molecule has 2 aromatic carbocycles. The van der Waals surface area contributed by atoms with Crippen LogP contribution in [0, 0.1) is 0 Å². The molecule has 0 aliphatic carbocycles. The molecule has 0 aliphatic heterocycles. The first-order chi connectivity index (χ1) is 11.6. The van der Waals surface area contributed by atoms with Crippen molar-refractivity contribution in [3.05, 3.63) is 60.2 Å². The molecule has 4 heteroatoms. The standard InChI is InChI=1S/C20H27NO3/c1-16(2)21(13-17-9-7-8-12-20(17)23-3)14-18(22)15-24-19-10-5-4-6-11-19/h4-12,16,18,22H,13-15H2,1-3H3. The molecular weight excluding hydrogens is 302 g/mol. The Morgan fingerprint density at radius 2 is 1.67 bits per heavy atom. The highest BCUT2D eigenvalue weighted by Gasteiger charge is 2.17. The normalized spacial score (nSPS) is 12.4. The van der Waals surface area contributed by atoms with Crippen LogP contribution in [-0.2, 0) is 6.54 Å². The molecule has 0 radical (unpaired) electrons. The molecule has 2 aromatic rings. The molecule has 1 N–H and O–H groups in total. The Kier molecular flexibility index (Phi) is 7.09. The van der Waals surface area contributed by atoms with Gasteiger partial charge in [-0.15, -0.1) is 0 Å². The minimum atomic E-state index is -0.553. The summed E-state index contributed by atoms with van der Waals surface area (Å²) in [7, 11) is 1.68. The second-order valence-corrected chi connectivity index (χ2v) is 6.11. The summed E-state index contributed by atoms with van der Waals surface area (Å²) in [5.41, 5.74) is 1.12. The highest BCUT2D eigenvalue weighted by Crippen LogP contribution is 2.20. The lowest BCUT2D eigenvalue weighted by Gasteiger charge is -2.29. The van der Waals surface area contributed by atoms with Gasteiger partial charge in [-0.25, -0.2) is 0 Å². The number of nitrogens with zero attached hydrogens (tertiary/aromatic N) is 1. The fourth-order valence-corrected chi connectivity index (χ4v) is 2.54. The van der Waals surface area contributed by atoms with Gasteiger partial charge in [0.25, 0.3) is 0 Å².